The van der Waals surface area contributed by atoms with E-state index in [9.17, 15) is 4.79 Å². The number of rotatable bonds is 6. The van der Waals surface area contributed by atoms with E-state index in [0.717, 1.165) is 6.42 Å². The van der Waals surface area contributed by atoms with Crippen LogP contribution in [0.1, 0.15) is 45.7 Å². The van der Waals surface area contributed by atoms with Gasteiger partial charge in [0.15, 0.2) is 6.61 Å². The topological polar surface area (TPSA) is 50.4 Å². The molecule has 0 aliphatic carbocycles. The van der Waals surface area contributed by atoms with Gasteiger partial charge in [0.1, 0.15) is 5.75 Å². The third-order valence-electron chi connectivity index (χ3n) is 2.92. The molecule has 4 heteroatoms. The van der Waals surface area contributed by atoms with E-state index in [4.69, 9.17) is 4.74 Å². The van der Waals surface area contributed by atoms with Crippen molar-refractivity contribution in [1.82, 2.24) is 10.6 Å². The lowest BCUT2D eigenvalue weighted by Crippen LogP contribution is -2.43. The van der Waals surface area contributed by atoms with E-state index in [2.05, 4.69) is 17.6 Å². The van der Waals surface area contributed by atoms with E-state index in [1.54, 1.807) is 0 Å². The van der Waals surface area contributed by atoms with Gasteiger partial charge in [0.05, 0.1) is 0 Å². The third-order valence-corrected chi connectivity index (χ3v) is 2.92. The quantitative estimate of drug-likeness (QED) is 0.841. The monoisotopic (exact) mass is 278 g/mol. The van der Waals surface area contributed by atoms with Crippen molar-refractivity contribution in [3.05, 3.63) is 29.8 Å². The number of hydrogen-bond acceptors (Lipinski definition) is 3. The first-order chi connectivity index (χ1) is 9.35. The maximum atomic E-state index is 11.7. The van der Waals surface area contributed by atoms with Gasteiger partial charge in [0, 0.05) is 11.6 Å². The number of carbonyl (C=O) groups excluding carboxylic acids is 1. The number of amides is 1. The zero-order chi connectivity index (χ0) is 15.2. The highest BCUT2D eigenvalue weighted by Crippen LogP contribution is 2.19. The molecule has 1 unspecified atom stereocenters. The summed E-state index contributed by atoms with van der Waals surface area (Å²) in [6.45, 7) is 8.02. The van der Waals surface area contributed by atoms with E-state index in [1.807, 2.05) is 52.1 Å². The highest BCUT2D eigenvalue weighted by Gasteiger charge is 2.14. The summed E-state index contributed by atoms with van der Waals surface area (Å²) >= 11 is 0. The number of hydrogen-bond donors (Lipinski definition) is 2. The lowest BCUT2D eigenvalue weighted by atomic mass is 10.1. The Morgan fingerprint density at radius 3 is 2.30 bits per heavy atom. The fraction of sp³-hybridized carbons (Fsp3) is 0.562. The first-order valence-electron chi connectivity index (χ1n) is 7.06. The highest BCUT2D eigenvalue weighted by molar-refractivity contribution is 5.78. The molecule has 2 N–H and O–H groups in total. The van der Waals surface area contributed by atoms with Gasteiger partial charge in [-0.2, -0.15) is 0 Å². The number of carbonyl (C=O) groups is 1. The van der Waals surface area contributed by atoms with E-state index < -0.39 is 0 Å². The highest BCUT2D eigenvalue weighted by atomic mass is 16.5. The summed E-state index contributed by atoms with van der Waals surface area (Å²) in [7, 11) is 1.95. The molecule has 0 aliphatic heterocycles. The average Bonchev–Trinajstić information content (AvgIpc) is 2.37. The maximum absolute atomic E-state index is 11.7. The van der Waals surface area contributed by atoms with Gasteiger partial charge in [-0.05, 0) is 51.9 Å². The molecular weight excluding hydrogens is 252 g/mol. The number of ether oxygens (including phenoxy) is 1. The van der Waals surface area contributed by atoms with Crippen LogP contribution < -0.4 is 15.4 Å². The van der Waals surface area contributed by atoms with Crippen molar-refractivity contribution in [2.45, 2.75) is 45.7 Å². The molecule has 1 rings (SSSR count). The second-order valence-corrected chi connectivity index (χ2v) is 5.91. The molecule has 4 nitrogen and oxygen atoms in total. The Morgan fingerprint density at radius 2 is 1.85 bits per heavy atom. The van der Waals surface area contributed by atoms with Gasteiger partial charge in [-0.3, -0.25) is 4.79 Å². The first kappa shape index (κ1) is 16.5. The minimum absolute atomic E-state index is 0.0415. The predicted octanol–water partition coefficient (Wildman–Crippen LogP) is 2.65. The molecule has 0 fully saturated rings. The summed E-state index contributed by atoms with van der Waals surface area (Å²) in [4.78, 5) is 11.7. The Morgan fingerprint density at radius 1 is 1.25 bits per heavy atom. The molecule has 0 bridgehead atoms. The van der Waals surface area contributed by atoms with Gasteiger partial charge >= 0.3 is 0 Å². The summed E-state index contributed by atoms with van der Waals surface area (Å²) < 4.78 is 5.48. The number of benzene rings is 1. The summed E-state index contributed by atoms with van der Waals surface area (Å²) in [6, 6.07) is 8.22. The van der Waals surface area contributed by atoms with Crippen LogP contribution in [0.15, 0.2) is 24.3 Å². The smallest absolute Gasteiger partial charge is 0.258 e. The predicted molar refractivity (Wildman–Crippen MR) is 81.9 cm³/mol. The lowest BCUT2D eigenvalue weighted by Gasteiger charge is -2.20. The number of nitrogens with one attached hydrogen (secondary N) is 2. The molecule has 0 spiro atoms. The van der Waals surface area contributed by atoms with Crippen LogP contribution in [-0.4, -0.2) is 25.1 Å². The van der Waals surface area contributed by atoms with Gasteiger partial charge in [-0.15, -0.1) is 0 Å². The molecule has 1 atom stereocenters. The zero-order valence-electron chi connectivity index (χ0n) is 13.1. The molecule has 112 valence electrons. The van der Waals surface area contributed by atoms with E-state index in [-0.39, 0.29) is 18.1 Å². The van der Waals surface area contributed by atoms with E-state index in [1.165, 1.54) is 5.56 Å². The molecule has 0 saturated carbocycles. The van der Waals surface area contributed by atoms with Crippen LogP contribution in [-0.2, 0) is 4.79 Å². The molecular formula is C16H26N2O2. The molecule has 1 aromatic carbocycles. The summed E-state index contributed by atoms with van der Waals surface area (Å²) in [6.07, 6.45) is 1.03. The van der Waals surface area contributed by atoms with Crippen LogP contribution in [0.5, 0.6) is 5.75 Å². The van der Waals surface area contributed by atoms with Crippen molar-refractivity contribution < 1.29 is 9.53 Å². The summed E-state index contributed by atoms with van der Waals surface area (Å²) in [5.74, 6) is 0.604. The van der Waals surface area contributed by atoms with Gasteiger partial charge < -0.3 is 15.4 Å². The van der Waals surface area contributed by atoms with Crippen molar-refractivity contribution in [2.75, 3.05) is 13.7 Å². The second-order valence-electron chi connectivity index (χ2n) is 5.91. The molecule has 1 amide bonds. The Bertz CT molecular complexity index is 417. The Hall–Kier alpha value is -1.55. The van der Waals surface area contributed by atoms with Crippen LogP contribution in [0.4, 0.5) is 0 Å². The van der Waals surface area contributed by atoms with Crippen molar-refractivity contribution in [3.63, 3.8) is 0 Å². The fourth-order valence-corrected chi connectivity index (χ4v) is 2.01. The standard InChI is InChI=1S/C16H26N2O2/c1-6-14(17-5)12-7-9-13(10-8-12)20-11-15(19)18-16(2,3)4/h7-10,14,17H,6,11H2,1-5H3,(H,18,19). The zero-order valence-corrected chi connectivity index (χ0v) is 13.1. The summed E-state index contributed by atoms with van der Waals surface area (Å²) in [5.41, 5.74) is 0.993. The molecule has 0 aromatic heterocycles. The van der Waals surface area contributed by atoms with Crippen LogP contribution >= 0.6 is 0 Å². The van der Waals surface area contributed by atoms with Crippen LogP contribution in [0.25, 0.3) is 0 Å². The van der Waals surface area contributed by atoms with Crippen molar-refractivity contribution >= 4 is 5.91 Å². The van der Waals surface area contributed by atoms with E-state index in [0.29, 0.717) is 11.8 Å². The second kappa shape index (κ2) is 7.29. The first-order valence-corrected chi connectivity index (χ1v) is 7.06. The molecule has 0 radical (unpaired) electrons. The molecule has 1 aromatic rings. The van der Waals surface area contributed by atoms with Gasteiger partial charge in [0.2, 0.25) is 0 Å². The fourth-order valence-electron chi connectivity index (χ4n) is 2.01. The van der Waals surface area contributed by atoms with Gasteiger partial charge in [-0.25, -0.2) is 0 Å². The van der Waals surface area contributed by atoms with Crippen molar-refractivity contribution in [3.8, 4) is 5.75 Å². The van der Waals surface area contributed by atoms with Crippen LogP contribution in [0.3, 0.4) is 0 Å². The lowest BCUT2D eigenvalue weighted by molar-refractivity contribution is -0.124. The molecule has 0 aliphatic rings. The molecule has 0 saturated heterocycles. The molecule has 20 heavy (non-hydrogen) atoms. The minimum atomic E-state index is -0.231. The van der Waals surface area contributed by atoms with Gasteiger partial charge in [-0.1, -0.05) is 19.1 Å². The van der Waals surface area contributed by atoms with Crippen LogP contribution in [0, 0.1) is 0 Å². The molecule has 0 heterocycles. The van der Waals surface area contributed by atoms with E-state index >= 15 is 0 Å². The summed E-state index contributed by atoms with van der Waals surface area (Å²) in [5, 5.41) is 6.12. The Kier molecular flexibility index (Phi) is 6.02. The Balaban J connectivity index is 2.52. The largest absolute Gasteiger partial charge is 0.484 e. The average molecular weight is 278 g/mol. The SMILES string of the molecule is CCC(NC)c1ccc(OCC(=O)NC(C)(C)C)cc1. The Labute approximate surface area is 121 Å². The van der Waals surface area contributed by atoms with Gasteiger partial charge in [0.25, 0.3) is 5.91 Å². The minimum Gasteiger partial charge on any atom is -0.484 e. The maximum Gasteiger partial charge on any atom is 0.258 e. The van der Waals surface area contributed by atoms with Crippen molar-refractivity contribution in [2.24, 2.45) is 0 Å². The normalized spacial score (nSPS) is 12.8. The van der Waals surface area contributed by atoms with Crippen LogP contribution in [0.2, 0.25) is 0 Å². The van der Waals surface area contributed by atoms with Crippen molar-refractivity contribution in [1.29, 1.82) is 0 Å². The third kappa shape index (κ3) is 5.61.